The Morgan fingerprint density at radius 2 is 1.69 bits per heavy atom. The van der Waals surface area contributed by atoms with Gasteiger partial charge in [0.15, 0.2) is 5.78 Å². The molecule has 0 spiro atoms. The van der Waals surface area contributed by atoms with E-state index in [1.54, 1.807) is 0 Å². The van der Waals surface area contributed by atoms with Crippen LogP contribution in [0.25, 0.3) is 0 Å². The summed E-state index contributed by atoms with van der Waals surface area (Å²) in [5, 5.41) is 0. The van der Waals surface area contributed by atoms with Crippen LogP contribution in [0.15, 0.2) is 30.3 Å². The minimum atomic E-state index is 0.238. The summed E-state index contributed by atoms with van der Waals surface area (Å²) in [6, 6.07) is 9.67. The van der Waals surface area contributed by atoms with Crippen LogP contribution in [0.2, 0.25) is 0 Å². The van der Waals surface area contributed by atoms with Gasteiger partial charge in [0, 0.05) is 11.5 Å². The molecule has 1 aromatic rings. The van der Waals surface area contributed by atoms with Gasteiger partial charge in [0.1, 0.15) is 0 Å². The maximum absolute atomic E-state index is 12.3. The van der Waals surface area contributed by atoms with Gasteiger partial charge in [0.2, 0.25) is 0 Å². The molecule has 86 valence electrons. The van der Waals surface area contributed by atoms with Crippen LogP contribution < -0.4 is 0 Å². The van der Waals surface area contributed by atoms with Crippen LogP contribution in [0.5, 0.6) is 0 Å². The SMILES string of the molecule is C[C@H]1[C@H](C(=O)c2ccccc2)[C@H]1C(C)(C)C. The summed E-state index contributed by atoms with van der Waals surface area (Å²) < 4.78 is 0. The van der Waals surface area contributed by atoms with Gasteiger partial charge >= 0.3 is 0 Å². The number of carbonyl (C=O) groups is 1. The van der Waals surface area contributed by atoms with E-state index in [9.17, 15) is 4.79 Å². The lowest BCUT2D eigenvalue weighted by molar-refractivity contribution is 0.0946. The van der Waals surface area contributed by atoms with Gasteiger partial charge in [-0.2, -0.15) is 0 Å². The molecule has 0 amide bonds. The fourth-order valence-corrected chi connectivity index (χ4v) is 2.99. The van der Waals surface area contributed by atoms with Crippen molar-refractivity contribution in [3.8, 4) is 0 Å². The summed E-state index contributed by atoms with van der Waals surface area (Å²) >= 11 is 0. The summed E-state index contributed by atoms with van der Waals surface area (Å²) in [6.07, 6.45) is 0. The van der Waals surface area contributed by atoms with E-state index < -0.39 is 0 Å². The first-order valence-electron chi connectivity index (χ1n) is 6.02. The molecule has 16 heavy (non-hydrogen) atoms. The van der Waals surface area contributed by atoms with Crippen LogP contribution >= 0.6 is 0 Å². The van der Waals surface area contributed by atoms with Gasteiger partial charge in [-0.05, 0) is 17.3 Å². The molecule has 1 aromatic carbocycles. The Hall–Kier alpha value is -1.11. The van der Waals surface area contributed by atoms with Crippen LogP contribution in [0.1, 0.15) is 38.1 Å². The second-order valence-corrected chi connectivity index (χ2v) is 6.01. The van der Waals surface area contributed by atoms with E-state index in [0.717, 1.165) is 5.56 Å². The Balaban J connectivity index is 2.15. The summed E-state index contributed by atoms with van der Waals surface area (Å²) in [5.74, 6) is 1.64. The lowest BCUT2D eigenvalue weighted by Gasteiger charge is -2.18. The van der Waals surface area contributed by atoms with Crippen LogP contribution in [0, 0.1) is 23.2 Å². The first-order valence-corrected chi connectivity index (χ1v) is 6.02. The summed E-state index contributed by atoms with van der Waals surface area (Å²) in [6.45, 7) is 8.88. The lowest BCUT2D eigenvalue weighted by Crippen LogP contribution is -2.13. The first kappa shape index (κ1) is 11.4. The third-order valence-electron chi connectivity index (χ3n) is 3.74. The number of carbonyl (C=O) groups excluding carboxylic acids is 1. The largest absolute Gasteiger partial charge is 0.294 e. The van der Waals surface area contributed by atoms with E-state index >= 15 is 0 Å². The zero-order valence-electron chi connectivity index (χ0n) is 10.5. The molecule has 1 nitrogen and oxygen atoms in total. The standard InChI is InChI=1S/C15H20O/c1-10-12(13(10)15(2,3)4)14(16)11-8-6-5-7-9-11/h5-10,12-13H,1-4H3/t10-,12-,13-/m0/s1. The molecular formula is C15H20O. The third-order valence-corrected chi connectivity index (χ3v) is 3.74. The second-order valence-electron chi connectivity index (χ2n) is 6.01. The van der Waals surface area contributed by atoms with E-state index in [4.69, 9.17) is 0 Å². The monoisotopic (exact) mass is 216 g/mol. The predicted molar refractivity (Wildman–Crippen MR) is 66.4 cm³/mol. The highest BCUT2D eigenvalue weighted by atomic mass is 16.1. The number of hydrogen-bond acceptors (Lipinski definition) is 1. The van der Waals surface area contributed by atoms with Gasteiger partial charge in [-0.15, -0.1) is 0 Å². The molecule has 1 aliphatic rings. The van der Waals surface area contributed by atoms with Crippen molar-refractivity contribution in [2.24, 2.45) is 23.2 Å². The number of benzene rings is 1. The fourth-order valence-electron chi connectivity index (χ4n) is 2.99. The Morgan fingerprint density at radius 3 is 2.12 bits per heavy atom. The lowest BCUT2D eigenvalue weighted by atomic mass is 9.87. The quantitative estimate of drug-likeness (QED) is 0.687. The molecule has 0 heterocycles. The van der Waals surface area contributed by atoms with Crippen molar-refractivity contribution in [3.05, 3.63) is 35.9 Å². The van der Waals surface area contributed by atoms with Crippen molar-refractivity contribution in [2.75, 3.05) is 0 Å². The van der Waals surface area contributed by atoms with Crippen LogP contribution in [0.3, 0.4) is 0 Å². The highest BCUT2D eigenvalue weighted by Crippen LogP contribution is 2.57. The highest BCUT2D eigenvalue weighted by Gasteiger charge is 2.56. The zero-order chi connectivity index (χ0) is 11.9. The summed E-state index contributed by atoms with van der Waals surface area (Å²) in [4.78, 5) is 12.3. The molecule has 0 radical (unpaired) electrons. The normalized spacial score (nSPS) is 28.9. The number of hydrogen-bond donors (Lipinski definition) is 0. The van der Waals surface area contributed by atoms with Crippen molar-refractivity contribution in [1.29, 1.82) is 0 Å². The predicted octanol–water partition coefficient (Wildman–Crippen LogP) is 3.80. The topological polar surface area (TPSA) is 17.1 Å². The van der Waals surface area contributed by atoms with Crippen molar-refractivity contribution in [1.82, 2.24) is 0 Å². The molecule has 0 unspecified atom stereocenters. The van der Waals surface area contributed by atoms with E-state index in [0.29, 0.717) is 17.6 Å². The molecule has 1 saturated carbocycles. The maximum atomic E-state index is 12.3. The van der Waals surface area contributed by atoms with Gasteiger partial charge in [0.05, 0.1) is 0 Å². The fraction of sp³-hybridized carbons (Fsp3) is 0.533. The van der Waals surface area contributed by atoms with E-state index in [1.807, 2.05) is 30.3 Å². The summed E-state index contributed by atoms with van der Waals surface area (Å²) in [5.41, 5.74) is 1.11. The van der Waals surface area contributed by atoms with Crippen molar-refractivity contribution < 1.29 is 4.79 Å². The van der Waals surface area contributed by atoms with Gasteiger partial charge in [-0.3, -0.25) is 4.79 Å². The van der Waals surface area contributed by atoms with Gasteiger partial charge in [0.25, 0.3) is 0 Å². The molecule has 0 saturated heterocycles. The second kappa shape index (κ2) is 3.73. The van der Waals surface area contributed by atoms with Crippen LogP contribution in [0.4, 0.5) is 0 Å². The third kappa shape index (κ3) is 1.91. The van der Waals surface area contributed by atoms with Gasteiger partial charge in [-0.25, -0.2) is 0 Å². The zero-order valence-corrected chi connectivity index (χ0v) is 10.5. The Morgan fingerprint density at radius 1 is 1.12 bits per heavy atom. The first-order chi connectivity index (χ1) is 7.43. The van der Waals surface area contributed by atoms with Crippen molar-refractivity contribution in [3.63, 3.8) is 0 Å². The smallest absolute Gasteiger partial charge is 0.166 e. The molecule has 1 heteroatoms. The molecule has 1 aliphatic carbocycles. The molecular weight excluding hydrogens is 196 g/mol. The van der Waals surface area contributed by atoms with Crippen molar-refractivity contribution >= 4 is 5.78 Å². The number of rotatable bonds is 2. The molecule has 2 rings (SSSR count). The Kier molecular flexibility index (Phi) is 2.65. The molecule has 3 atom stereocenters. The molecule has 0 aromatic heterocycles. The van der Waals surface area contributed by atoms with Gasteiger partial charge in [-0.1, -0.05) is 58.0 Å². The van der Waals surface area contributed by atoms with Gasteiger partial charge < -0.3 is 0 Å². The number of Topliss-reactive ketones (excluding diaryl/α,β-unsaturated/α-hetero) is 1. The molecule has 0 aliphatic heterocycles. The Bertz CT molecular complexity index is 386. The molecule has 1 fully saturated rings. The Labute approximate surface area is 97.9 Å². The van der Waals surface area contributed by atoms with Crippen molar-refractivity contribution in [2.45, 2.75) is 27.7 Å². The highest BCUT2D eigenvalue weighted by molar-refractivity contribution is 6.00. The van der Waals surface area contributed by atoms with E-state index in [-0.39, 0.29) is 11.3 Å². The van der Waals surface area contributed by atoms with E-state index in [1.165, 1.54) is 0 Å². The minimum absolute atomic E-state index is 0.238. The minimum Gasteiger partial charge on any atom is -0.294 e. The molecule has 0 bridgehead atoms. The number of ketones is 1. The summed E-state index contributed by atoms with van der Waals surface area (Å²) in [7, 11) is 0. The molecule has 0 N–H and O–H groups in total. The average molecular weight is 216 g/mol. The average Bonchev–Trinajstić information content (AvgIpc) is 2.90. The van der Waals surface area contributed by atoms with Crippen LogP contribution in [-0.2, 0) is 0 Å². The maximum Gasteiger partial charge on any atom is 0.166 e. The van der Waals surface area contributed by atoms with E-state index in [2.05, 4.69) is 27.7 Å². The van der Waals surface area contributed by atoms with Crippen LogP contribution in [-0.4, -0.2) is 5.78 Å².